The minimum Gasteiger partial charge on any atom is -0.323 e. The van der Waals surface area contributed by atoms with E-state index in [1.54, 1.807) is 0 Å². The third kappa shape index (κ3) is 1.09. The van der Waals surface area contributed by atoms with E-state index in [4.69, 9.17) is 5.84 Å². The summed E-state index contributed by atoms with van der Waals surface area (Å²) in [5, 5.41) is 3.52. The second-order valence-corrected chi connectivity index (χ2v) is 1.80. The zero-order valence-corrected chi connectivity index (χ0v) is 5.26. The SMILES string of the molecule is C/C(=N\N)C1=C=CC=C1. The fourth-order valence-corrected chi connectivity index (χ4v) is 0.625. The van der Waals surface area contributed by atoms with Gasteiger partial charge in [-0.05, 0) is 19.1 Å². The maximum atomic E-state index is 5.03. The third-order valence-corrected chi connectivity index (χ3v) is 1.18. The van der Waals surface area contributed by atoms with Crippen molar-refractivity contribution in [3.8, 4) is 0 Å². The highest BCUT2D eigenvalue weighted by atomic mass is 15.1. The standard InChI is InChI=1S/C7H8N2/c1-6(9-8)7-4-2-3-5-7/h2-4H,8H2,1H3/b9-6+. The Kier molecular flexibility index (Phi) is 1.52. The molecular formula is C7H8N2. The highest BCUT2D eigenvalue weighted by Crippen LogP contribution is 2.02. The molecule has 0 radical (unpaired) electrons. The maximum absolute atomic E-state index is 5.03. The van der Waals surface area contributed by atoms with Crippen LogP contribution in [-0.2, 0) is 0 Å². The number of rotatable bonds is 1. The fourth-order valence-electron chi connectivity index (χ4n) is 0.625. The quantitative estimate of drug-likeness (QED) is 0.238. The van der Waals surface area contributed by atoms with Crippen LogP contribution in [0.1, 0.15) is 6.92 Å². The van der Waals surface area contributed by atoms with Crippen LogP contribution in [0.3, 0.4) is 0 Å². The van der Waals surface area contributed by atoms with Gasteiger partial charge in [0, 0.05) is 5.57 Å². The molecule has 0 aliphatic heterocycles. The minimum atomic E-state index is 0.819. The predicted octanol–water partition coefficient (Wildman–Crippen LogP) is 0.972. The van der Waals surface area contributed by atoms with Crippen LogP contribution in [0.4, 0.5) is 0 Å². The lowest BCUT2D eigenvalue weighted by molar-refractivity contribution is 1.24. The molecular weight excluding hydrogens is 112 g/mol. The number of hydrogen-bond donors (Lipinski definition) is 1. The van der Waals surface area contributed by atoms with E-state index in [-0.39, 0.29) is 0 Å². The second-order valence-electron chi connectivity index (χ2n) is 1.80. The van der Waals surface area contributed by atoms with Crippen molar-refractivity contribution >= 4 is 5.71 Å². The normalized spacial score (nSPS) is 16.6. The van der Waals surface area contributed by atoms with Crippen molar-refractivity contribution in [1.29, 1.82) is 0 Å². The smallest absolute Gasteiger partial charge is 0.0719 e. The fraction of sp³-hybridized carbons (Fsp3) is 0.143. The first-order valence-corrected chi connectivity index (χ1v) is 2.73. The van der Waals surface area contributed by atoms with Crippen LogP contribution >= 0.6 is 0 Å². The van der Waals surface area contributed by atoms with Crippen molar-refractivity contribution < 1.29 is 0 Å². The average molecular weight is 120 g/mol. The molecule has 0 unspecified atom stereocenters. The van der Waals surface area contributed by atoms with Gasteiger partial charge >= 0.3 is 0 Å². The third-order valence-electron chi connectivity index (χ3n) is 1.18. The van der Waals surface area contributed by atoms with Gasteiger partial charge in [0.1, 0.15) is 0 Å². The Labute approximate surface area is 54.1 Å². The molecule has 2 heteroatoms. The zero-order chi connectivity index (χ0) is 6.69. The van der Waals surface area contributed by atoms with Gasteiger partial charge in [-0.15, -0.1) is 5.73 Å². The zero-order valence-electron chi connectivity index (χ0n) is 5.26. The molecule has 0 bridgehead atoms. The van der Waals surface area contributed by atoms with E-state index < -0.39 is 0 Å². The Balaban J connectivity index is 2.88. The summed E-state index contributed by atoms with van der Waals surface area (Å²) in [6, 6.07) is 0. The summed E-state index contributed by atoms with van der Waals surface area (Å²) >= 11 is 0. The van der Waals surface area contributed by atoms with E-state index in [0.717, 1.165) is 11.3 Å². The molecule has 2 N–H and O–H groups in total. The Bertz CT molecular complexity index is 227. The summed E-state index contributed by atoms with van der Waals surface area (Å²) in [6.45, 7) is 1.85. The molecule has 2 nitrogen and oxygen atoms in total. The second kappa shape index (κ2) is 2.33. The van der Waals surface area contributed by atoms with Crippen LogP contribution in [0.15, 0.2) is 34.6 Å². The lowest BCUT2D eigenvalue weighted by Crippen LogP contribution is -1.96. The van der Waals surface area contributed by atoms with Gasteiger partial charge in [-0.3, -0.25) is 0 Å². The Hall–Kier alpha value is -1.27. The van der Waals surface area contributed by atoms with Crippen LogP contribution in [0, 0.1) is 0 Å². The van der Waals surface area contributed by atoms with Crippen molar-refractivity contribution in [3.05, 3.63) is 29.5 Å². The summed E-state index contributed by atoms with van der Waals surface area (Å²) in [6.07, 6.45) is 5.67. The van der Waals surface area contributed by atoms with Crippen LogP contribution in [-0.4, -0.2) is 5.71 Å². The highest BCUT2D eigenvalue weighted by Gasteiger charge is 1.96. The van der Waals surface area contributed by atoms with Crippen molar-refractivity contribution in [3.63, 3.8) is 0 Å². The topological polar surface area (TPSA) is 38.4 Å². The monoisotopic (exact) mass is 120 g/mol. The minimum absolute atomic E-state index is 0.819. The van der Waals surface area contributed by atoms with Crippen LogP contribution in [0.2, 0.25) is 0 Å². The molecule has 0 heterocycles. The van der Waals surface area contributed by atoms with Gasteiger partial charge in [0.15, 0.2) is 0 Å². The van der Waals surface area contributed by atoms with Crippen molar-refractivity contribution in [2.75, 3.05) is 0 Å². The molecule has 1 aliphatic carbocycles. The van der Waals surface area contributed by atoms with Gasteiger partial charge in [0.2, 0.25) is 0 Å². The van der Waals surface area contributed by atoms with E-state index in [1.165, 1.54) is 0 Å². The Morgan fingerprint density at radius 1 is 1.78 bits per heavy atom. The summed E-state index contributed by atoms with van der Waals surface area (Å²) in [5.74, 6) is 5.03. The summed E-state index contributed by atoms with van der Waals surface area (Å²) in [4.78, 5) is 0. The molecule has 0 amide bonds. The van der Waals surface area contributed by atoms with Crippen LogP contribution in [0.25, 0.3) is 0 Å². The van der Waals surface area contributed by atoms with E-state index in [0.29, 0.717) is 0 Å². The molecule has 0 saturated carbocycles. The largest absolute Gasteiger partial charge is 0.323 e. The van der Waals surface area contributed by atoms with E-state index in [9.17, 15) is 0 Å². The summed E-state index contributed by atoms with van der Waals surface area (Å²) in [5.41, 5.74) is 4.77. The number of allylic oxidation sites excluding steroid dienone is 3. The molecule has 9 heavy (non-hydrogen) atoms. The van der Waals surface area contributed by atoms with Crippen molar-refractivity contribution in [2.24, 2.45) is 10.9 Å². The molecule has 0 atom stereocenters. The van der Waals surface area contributed by atoms with Crippen molar-refractivity contribution in [2.45, 2.75) is 6.92 Å². The molecule has 0 fully saturated rings. The molecule has 46 valence electrons. The summed E-state index contributed by atoms with van der Waals surface area (Å²) < 4.78 is 0. The van der Waals surface area contributed by atoms with E-state index in [1.807, 2.05) is 25.2 Å². The number of hydrazone groups is 1. The van der Waals surface area contributed by atoms with Gasteiger partial charge in [-0.2, -0.15) is 5.10 Å². The number of hydrogen-bond acceptors (Lipinski definition) is 2. The molecule has 0 aromatic rings. The predicted molar refractivity (Wildman–Crippen MR) is 38.0 cm³/mol. The van der Waals surface area contributed by atoms with E-state index in [2.05, 4.69) is 10.8 Å². The highest BCUT2D eigenvalue weighted by molar-refractivity contribution is 6.00. The molecule has 1 rings (SSSR count). The van der Waals surface area contributed by atoms with Gasteiger partial charge in [-0.1, -0.05) is 6.08 Å². The lowest BCUT2D eigenvalue weighted by Gasteiger charge is -1.90. The van der Waals surface area contributed by atoms with Gasteiger partial charge in [-0.25, -0.2) is 0 Å². The number of nitrogens with zero attached hydrogens (tertiary/aromatic N) is 1. The average Bonchev–Trinajstić information content (AvgIpc) is 2.37. The van der Waals surface area contributed by atoms with Gasteiger partial charge in [0.05, 0.1) is 5.71 Å². The van der Waals surface area contributed by atoms with Crippen LogP contribution < -0.4 is 5.84 Å². The number of nitrogens with two attached hydrogens (primary N) is 1. The molecule has 0 aromatic carbocycles. The van der Waals surface area contributed by atoms with Crippen molar-refractivity contribution in [1.82, 2.24) is 0 Å². The lowest BCUT2D eigenvalue weighted by atomic mass is 10.2. The first kappa shape index (κ1) is 5.86. The molecule has 0 spiro atoms. The molecule has 1 aliphatic rings. The Morgan fingerprint density at radius 2 is 2.56 bits per heavy atom. The summed E-state index contributed by atoms with van der Waals surface area (Å²) in [7, 11) is 0. The van der Waals surface area contributed by atoms with Crippen LogP contribution in [0.5, 0.6) is 0 Å². The first-order valence-electron chi connectivity index (χ1n) is 2.73. The Morgan fingerprint density at radius 3 is 3.00 bits per heavy atom. The first-order chi connectivity index (χ1) is 4.34. The molecule has 0 aromatic heterocycles. The van der Waals surface area contributed by atoms with E-state index >= 15 is 0 Å². The molecule has 0 saturated heterocycles. The van der Waals surface area contributed by atoms with Gasteiger partial charge < -0.3 is 5.84 Å². The van der Waals surface area contributed by atoms with Gasteiger partial charge in [0.25, 0.3) is 0 Å². The maximum Gasteiger partial charge on any atom is 0.0719 e.